The van der Waals surface area contributed by atoms with Crippen molar-refractivity contribution in [2.45, 2.75) is 6.42 Å². The molecular weight excluding hydrogens is 342 g/mol. The van der Waals surface area contributed by atoms with Crippen LogP contribution in [0.4, 0.5) is 5.69 Å². The highest BCUT2D eigenvalue weighted by Gasteiger charge is 2.23. The summed E-state index contributed by atoms with van der Waals surface area (Å²) in [6, 6.07) is 14.1. The molecule has 1 aliphatic heterocycles. The molecule has 1 amide bonds. The normalized spacial score (nSPS) is 13.5. The molecule has 6 nitrogen and oxygen atoms in total. The summed E-state index contributed by atoms with van der Waals surface area (Å²) in [5.41, 5.74) is 7.91. The van der Waals surface area contributed by atoms with Gasteiger partial charge in [0, 0.05) is 17.1 Å². The van der Waals surface area contributed by atoms with Crippen LogP contribution >= 0.6 is 11.6 Å². The van der Waals surface area contributed by atoms with Crippen molar-refractivity contribution in [2.75, 3.05) is 18.9 Å². The van der Waals surface area contributed by atoms with Crippen molar-refractivity contribution in [1.82, 2.24) is 5.01 Å². The highest BCUT2D eigenvalue weighted by molar-refractivity contribution is 6.31. The fourth-order valence-corrected chi connectivity index (χ4v) is 2.63. The van der Waals surface area contributed by atoms with Gasteiger partial charge in [0.2, 0.25) is 0 Å². The van der Waals surface area contributed by atoms with Gasteiger partial charge in [-0.3, -0.25) is 4.79 Å². The number of hydrogen-bond acceptors (Lipinski definition) is 5. The van der Waals surface area contributed by atoms with Crippen LogP contribution in [0.2, 0.25) is 5.02 Å². The molecule has 0 saturated carbocycles. The molecule has 128 valence electrons. The van der Waals surface area contributed by atoms with E-state index in [1.54, 1.807) is 6.07 Å². The number of ether oxygens (including phenoxy) is 1. The summed E-state index contributed by atoms with van der Waals surface area (Å²) in [5, 5.41) is 5.99. The zero-order chi connectivity index (χ0) is 17.8. The minimum atomic E-state index is -0.695. The van der Waals surface area contributed by atoms with E-state index in [0.29, 0.717) is 18.0 Å². The Balaban J connectivity index is 1.61. The second kappa shape index (κ2) is 7.36. The summed E-state index contributed by atoms with van der Waals surface area (Å²) >= 11 is 5.85. The number of nitrogens with two attached hydrogens (primary N) is 1. The summed E-state index contributed by atoms with van der Waals surface area (Å²) in [7, 11) is 0. The summed E-state index contributed by atoms with van der Waals surface area (Å²) in [6.45, 7) is 0.0519. The Morgan fingerprint density at radius 3 is 2.72 bits per heavy atom. The fraction of sp³-hybridized carbons (Fsp3) is 0.167. The van der Waals surface area contributed by atoms with E-state index in [2.05, 4.69) is 5.10 Å². The number of rotatable bonds is 4. The predicted molar refractivity (Wildman–Crippen MR) is 95.5 cm³/mol. The number of anilines is 1. The first kappa shape index (κ1) is 17.0. The molecule has 0 saturated heterocycles. The van der Waals surface area contributed by atoms with Crippen molar-refractivity contribution in [3.63, 3.8) is 0 Å². The lowest BCUT2D eigenvalue weighted by molar-refractivity contribution is -0.134. The maximum absolute atomic E-state index is 12.2. The molecule has 0 fully saturated rings. The molecule has 0 atom stereocenters. The Morgan fingerprint density at radius 1 is 1.20 bits per heavy atom. The standard InChI is InChI=1S/C18H16ClN3O3/c19-13-6-7-15(20)14(10-13)18(24)25-11-17(23)22-9-8-16(21-22)12-4-2-1-3-5-12/h1-7,10H,8-9,11,20H2. The van der Waals surface area contributed by atoms with Crippen molar-refractivity contribution < 1.29 is 14.3 Å². The number of carbonyl (C=O) groups excluding carboxylic acids is 2. The average Bonchev–Trinajstić information content (AvgIpc) is 3.12. The first-order valence-electron chi connectivity index (χ1n) is 7.70. The molecule has 1 heterocycles. The molecule has 3 rings (SSSR count). The van der Waals surface area contributed by atoms with Gasteiger partial charge in [0.25, 0.3) is 5.91 Å². The molecule has 2 aromatic carbocycles. The summed E-state index contributed by atoms with van der Waals surface area (Å²) in [6.07, 6.45) is 0.658. The van der Waals surface area contributed by atoms with Crippen molar-refractivity contribution in [1.29, 1.82) is 0 Å². The minimum Gasteiger partial charge on any atom is -0.452 e. The first-order valence-corrected chi connectivity index (χ1v) is 8.08. The van der Waals surface area contributed by atoms with Crippen LogP contribution in [0.25, 0.3) is 0 Å². The van der Waals surface area contributed by atoms with Crippen LogP contribution in [-0.4, -0.2) is 35.7 Å². The Hall–Kier alpha value is -2.86. The maximum atomic E-state index is 12.2. The number of benzene rings is 2. The fourth-order valence-electron chi connectivity index (χ4n) is 2.46. The van der Waals surface area contributed by atoms with Crippen LogP contribution in [0, 0.1) is 0 Å². The van der Waals surface area contributed by atoms with Crippen LogP contribution in [0.15, 0.2) is 53.6 Å². The van der Waals surface area contributed by atoms with Gasteiger partial charge in [-0.1, -0.05) is 41.9 Å². The Kier molecular flexibility index (Phi) is 5.00. The van der Waals surface area contributed by atoms with Crippen molar-refractivity contribution in [3.05, 3.63) is 64.7 Å². The zero-order valence-electron chi connectivity index (χ0n) is 13.3. The lowest BCUT2D eigenvalue weighted by Crippen LogP contribution is -2.29. The number of hydrazone groups is 1. The number of amides is 1. The van der Waals surface area contributed by atoms with Crippen LogP contribution in [0.5, 0.6) is 0 Å². The summed E-state index contributed by atoms with van der Waals surface area (Å²) in [5.74, 6) is -1.08. The molecule has 25 heavy (non-hydrogen) atoms. The number of carbonyl (C=O) groups is 2. The summed E-state index contributed by atoms with van der Waals surface area (Å²) < 4.78 is 5.04. The average molecular weight is 358 g/mol. The van der Waals surface area contributed by atoms with Gasteiger partial charge in [0.15, 0.2) is 6.61 Å². The topological polar surface area (TPSA) is 85.0 Å². The Bertz CT molecular complexity index is 837. The van der Waals surface area contributed by atoms with Crippen molar-refractivity contribution >= 4 is 34.9 Å². The van der Waals surface area contributed by atoms with E-state index in [0.717, 1.165) is 11.3 Å². The third-order valence-electron chi connectivity index (χ3n) is 3.76. The van der Waals surface area contributed by atoms with Crippen molar-refractivity contribution in [2.24, 2.45) is 5.10 Å². The van der Waals surface area contributed by atoms with Gasteiger partial charge in [-0.25, -0.2) is 9.80 Å². The lowest BCUT2D eigenvalue weighted by atomic mass is 10.1. The quantitative estimate of drug-likeness (QED) is 0.673. The number of hydrogen-bond donors (Lipinski definition) is 1. The van der Waals surface area contributed by atoms with E-state index in [1.807, 2.05) is 30.3 Å². The molecular formula is C18H16ClN3O3. The predicted octanol–water partition coefficient (Wildman–Crippen LogP) is 2.72. The van der Waals surface area contributed by atoms with Crippen molar-refractivity contribution in [3.8, 4) is 0 Å². The number of nitrogens with zero attached hydrogens (tertiary/aromatic N) is 2. The largest absolute Gasteiger partial charge is 0.452 e. The lowest BCUT2D eigenvalue weighted by Gasteiger charge is -2.12. The first-order chi connectivity index (χ1) is 12.0. The second-order valence-corrected chi connectivity index (χ2v) is 5.92. The van der Waals surface area contributed by atoms with Gasteiger partial charge < -0.3 is 10.5 Å². The molecule has 0 aromatic heterocycles. The molecule has 0 aliphatic carbocycles. The van der Waals surface area contributed by atoms with Gasteiger partial charge in [0.05, 0.1) is 17.8 Å². The molecule has 0 radical (unpaired) electrons. The van der Waals surface area contributed by atoms with Gasteiger partial charge >= 0.3 is 5.97 Å². The molecule has 7 heteroatoms. The third kappa shape index (κ3) is 3.97. The third-order valence-corrected chi connectivity index (χ3v) is 3.99. The van der Waals surface area contributed by atoms with Crippen LogP contribution < -0.4 is 5.73 Å². The number of nitrogen functional groups attached to an aromatic ring is 1. The highest BCUT2D eigenvalue weighted by atomic mass is 35.5. The Morgan fingerprint density at radius 2 is 1.96 bits per heavy atom. The van der Waals surface area contributed by atoms with E-state index in [1.165, 1.54) is 17.1 Å². The SMILES string of the molecule is Nc1ccc(Cl)cc1C(=O)OCC(=O)N1CCC(c2ccccc2)=N1. The van der Waals surface area contributed by atoms with Crippen LogP contribution in [-0.2, 0) is 9.53 Å². The molecule has 1 aliphatic rings. The summed E-state index contributed by atoms with van der Waals surface area (Å²) in [4.78, 5) is 24.2. The van der Waals surface area contributed by atoms with Crippen LogP contribution in [0.3, 0.4) is 0 Å². The number of halogens is 1. The zero-order valence-corrected chi connectivity index (χ0v) is 14.1. The molecule has 0 unspecified atom stereocenters. The maximum Gasteiger partial charge on any atom is 0.340 e. The van der Waals surface area contributed by atoms with E-state index in [4.69, 9.17) is 22.1 Å². The Labute approximate surface area is 149 Å². The molecule has 0 spiro atoms. The van der Waals surface area contributed by atoms with Gasteiger partial charge in [-0.15, -0.1) is 0 Å². The van der Waals surface area contributed by atoms with Crippen LogP contribution in [0.1, 0.15) is 22.3 Å². The molecule has 2 aromatic rings. The van der Waals surface area contributed by atoms with E-state index < -0.39 is 12.6 Å². The minimum absolute atomic E-state index is 0.134. The second-order valence-electron chi connectivity index (χ2n) is 5.49. The smallest absolute Gasteiger partial charge is 0.340 e. The van der Waals surface area contributed by atoms with Gasteiger partial charge in [-0.05, 0) is 23.8 Å². The van der Waals surface area contributed by atoms with E-state index in [-0.39, 0.29) is 17.2 Å². The number of esters is 1. The molecule has 2 N–H and O–H groups in total. The van der Waals surface area contributed by atoms with E-state index in [9.17, 15) is 9.59 Å². The molecule has 0 bridgehead atoms. The monoisotopic (exact) mass is 357 g/mol. The highest BCUT2D eigenvalue weighted by Crippen LogP contribution is 2.19. The van der Waals surface area contributed by atoms with Gasteiger partial charge in [-0.2, -0.15) is 5.10 Å². The van der Waals surface area contributed by atoms with E-state index >= 15 is 0 Å². The van der Waals surface area contributed by atoms with Gasteiger partial charge in [0.1, 0.15) is 0 Å².